The molecule has 0 bridgehead atoms. The summed E-state index contributed by atoms with van der Waals surface area (Å²) in [7, 11) is -3.55. The normalized spacial score (nSPS) is 16.9. The second-order valence-electron chi connectivity index (χ2n) is 7.99. The van der Waals surface area contributed by atoms with Gasteiger partial charge >= 0.3 is 0 Å². The van der Waals surface area contributed by atoms with Crippen LogP contribution in [0.15, 0.2) is 28.3 Å². The van der Waals surface area contributed by atoms with Crippen molar-refractivity contribution in [3.05, 3.63) is 39.9 Å². The van der Waals surface area contributed by atoms with Crippen molar-refractivity contribution >= 4 is 21.9 Å². The first-order chi connectivity index (χ1) is 13.5. The lowest BCUT2D eigenvalue weighted by Gasteiger charge is -2.25. The van der Waals surface area contributed by atoms with Crippen molar-refractivity contribution in [3.63, 3.8) is 0 Å². The van der Waals surface area contributed by atoms with Gasteiger partial charge in [-0.15, -0.1) is 0 Å². The number of rotatable bonds is 4. The molecular formula is C19H22N4O4S2. The van der Waals surface area contributed by atoms with Gasteiger partial charge in [-0.05, 0) is 12.1 Å². The Hall–Kier alpha value is -2.22. The Labute approximate surface area is 174 Å². The van der Waals surface area contributed by atoms with Crippen molar-refractivity contribution in [1.82, 2.24) is 14.5 Å². The molecular weight excluding hydrogens is 412 g/mol. The quantitative estimate of drug-likeness (QED) is 0.531. The Morgan fingerprint density at radius 2 is 2.10 bits per heavy atom. The SMILES string of the molecule is CC(C)(C)c1ccc(-c2nc3n(c(=O)c2C#N)CC(COS(C)(=O)=O)CS3)cn1. The van der Waals surface area contributed by atoms with Gasteiger partial charge in [-0.25, -0.2) is 4.98 Å². The Kier molecular flexibility index (Phi) is 5.85. The number of aromatic nitrogens is 3. The number of hydrogen-bond acceptors (Lipinski definition) is 8. The highest BCUT2D eigenvalue weighted by Crippen LogP contribution is 2.30. The summed E-state index contributed by atoms with van der Waals surface area (Å²) in [5.41, 5.74) is 1.22. The molecule has 29 heavy (non-hydrogen) atoms. The summed E-state index contributed by atoms with van der Waals surface area (Å²) < 4.78 is 28.7. The minimum Gasteiger partial charge on any atom is -0.286 e. The summed E-state index contributed by atoms with van der Waals surface area (Å²) >= 11 is 1.34. The molecule has 0 aromatic carbocycles. The second kappa shape index (κ2) is 7.89. The molecule has 0 aliphatic carbocycles. The predicted molar refractivity (Wildman–Crippen MR) is 110 cm³/mol. The van der Waals surface area contributed by atoms with Crippen molar-refractivity contribution in [2.45, 2.75) is 37.9 Å². The highest BCUT2D eigenvalue weighted by Gasteiger charge is 2.26. The van der Waals surface area contributed by atoms with Crippen molar-refractivity contribution in [3.8, 4) is 17.3 Å². The maximum Gasteiger partial charge on any atom is 0.272 e. The van der Waals surface area contributed by atoms with E-state index in [1.54, 1.807) is 6.20 Å². The molecule has 0 spiro atoms. The third-order valence-electron chi connectivity index (χ3n) is 4.46. The molecule has 1 aliphatic rings. The van der Waals surface area contributed by atoms with Crippen LogP contribution in [0.5, 0.6) is 0 Å². The van der Waals surface area contributed by atoms with E-state index < -0.39 is 15.7 Å². The Bertz CT molecular complexity index is 1130. The first-order valence-electron chi connectivity index (χ1n) is 8.98. The molecule has 0 N–H and O–H groups in total. The fourth-order valence-electron chi connectivity index (χ4n) is 2.92. The van der Waals surface area contributed by atoms with Crippen molar-refractivity contribution in [2.75, 3.05) is 18.6 Å². The number of nitriles is 1. The van der Waals surface area contributed by atoms with Crippen LogP contribution in [0.3, 0.4) is 0 Å². The van der Waals surface area contributed by atoms with Crippen LogP contribution in [-0.2, 0) is 26.3 Å². The van der Waals surface area contributed by atoms with E-state index in [1.165, 1.54) is 16.3 Å². The van der Waals surface area contributed by atoms with Crippen molar-refractivity contribution in [2.24, 2.45) is 5.92 Å². The van der Waals surface area contributed by atoms with Crippen LogP contribution in [0.4, 0.5) is 0 Å². The van der Waals surface area contributed by atoms with E-state index in [4.69, 9.17) is 4.18 Å². The van der Waals surface area contributed by atoms with Crippen LogP contribution in [0.1, 0.15) is 32.0 Å². The van der Waals surface area contributed by atoms with E-state index in [9.17, 15) is 18.5 Å². The van der Waals surface area contributed by atoms with Crippen LogP contribution in [0.25, 0.3) is 11.3 Å². The third kappa shape index (κ3) is 4.86. The molecule has 1 aliphatic heterocycles. The zero-order chi connectivity index (χ0) is 21.4. The van der Waals surface area contributed by atoms with Gasteiger partial charge in [-0.2, -0.15) is 13.7 Å². The summed E-state index contributed by atoms with van der Waals surface area (Å²) in [6.07, 6.45) is 2.63. The van der Waals surface area contributed by atoms with Crippen LogP contribution >= 0.6 is 11.8 Å². The monoisotopic (exact) mass is 434 g/mol. The summed E-state index contributed by atoms with van der Waals surface area (Å²) in [5, 5.41) is 10.1. The largest absolute Gasteiger partial charge is 0.286 e. The smallest absolute Gasteiger partial charge is 0.272 e. The highest BCUT2D eigenvalue weighted by atomic mass is 32.2. The Morgan fingerprint density at radius 3 is 2.66 bits per heavy atom. The topological polar surface area (TPSA) is 115 Å². The molecule has 0 radical (unpaired) electrons. The lowest BCUT2D eigenvalue weighted by atomic mass is 9.91. The number of fused-ring (bicyclic) bond motifs is 1. The number of nitrogens with zero attached hydrogens (tertiary/aromatic N) is 4. The first kappa shape index (κ1) is 21.5. The molecule has 2 aromatic heterocycles. The van der Waals surface area contributed by atoms with E-state index in [2.05, 4.69) is 30.7 Å². The third-order valence-corrected chi connectivity index (χ3v) is 6.23. The summed E-state index contributed by atoms with van der Waals surface area (Å²) in [4.78, 5) is 21.9. The van der Waals surface area contributed by atoms with Crippen LogP contribution < -0.4 is 5.56 Å². The average molecular weight is 435 g/mol. The molecule has 154 valence electrons. The van der Waals surface area contributed by atoms with E-state index in [1.807, 2.05) is 18.2 Å². The van der Waals surface area contributed by atoms with Crippen LogP contribution in [0.2, 0.25) is 0 Å². The molecule has 0 fully saturated rings. The molecule has 1 unspecified atom stereocenters. The van der Waals surface area contributed by atoms with E-state index in [0.717, 1.165) is 11.9 Å². The van der Waals surface area contributed by atoms with Gasteiger partial charge in [0.15, 0.2) is 5.16 Å². The lowest BCUT2D eigenvalue weighted by Crippen LogP contribution is -2.35. The second-order valence-corrected chi connectivity index (χ2v) is 10.6. The first-order valence-corrected chi connectivity index (χ1v) is 11.8. The number of hydrogen-bond donors (Lipinski definition) is 0. The van der Waals surface area contributed by atoms with Gasteiger partial charge in [-0.1, -0.05) is 32.5 Å². The minimum atomic E-state index is -3.55. The molecule has 1 atom stereocenters. The van der Waals surface area contributed by atoms with Gasteiger partial charge in [0.05, 0.1) is 18.6 Å². The minimum absolute atomic E-state index is 0.0143. The summed E-state index contributed by atoms with van der Waals surface area (Å²) in [6, 6.07) is 5.67. The molecule has 2 aromatic rings. The van der Waals surface area contributed by atoms with Crippen LogP contribution in [0, 0.1) is 17.2 Å². The molecule has 3 heterocycles. The van der Waals surface area contributed by atoms with Crippen molar-refractivity contribution < 1.29 is 12.6 Å². The Morgan fingerprint density at radius 1 is 1.38 bits per heavy atom. The van der Waals surface area contributed by atoms with Gasteiger partial charge in [0, 0.05) is 41.1 Å². The molecule has 3 rings (SSSR count). The zero-order valence-corrected chi connectivity index (χ0v) is 18.3. The zero-order valence-electron chi connectivity index (χ0n) is 16.7. The maximum atomic E-state index is 12.9. The van der Waals surface area contributed by atoms with Gasteiger partial charge in [0.2, 0.25) is 0 Å². The van der Waals surface area contributed by atoms with Crippen LogP contribution in [-0.4, -0.2) is 41.6 Å². The summed E-state index contributed by atoms with van der Waals surface area (Å²) in [5.74, 6) is 0.390. The summed E-state index contributed by atoms with van der Waals surface area (Å²) in [6.45, 7) is 6.40. The molecule has 0 saturated carbocycles. The van der Waals surface area contributed by atoms with E-state index in [0.29, 0.717) is 22.2 Å². The maximum absolute atomic E-state index is 12.9. The number of thioether (sulfide) groups is 1. The molecule has 8 nitrogen and oxygen atoms in total. The number of pyridine rings is 1. The highest BCUT2D eigenvalue weighted by molar-refractivity contribution is 7.99. The van der Waals surface area contributed by atoms with Crippen molar-refractivity contribution in [1.29, 1.82) is 5.26 Å². The van der Waals surface area contributed by atoms with Gasteiger partial charge < -0.3 is 0 Å². The van der Waals surface area contributed by atoms with Gasteiger partial charge in [-0.3, -0.25) is 18.5 Å². The molecule has 0 amide bonds. The standard InChI is InChI=1S/C19H22N4O4S2/c1-19(2,3)15-6-5-13(8-21-15)16-14(7-20)17(24)23-9-12(10-27-29(4,25)26)11-28-18(23)22-16/h5-6,8,12H,9-11H2,1-4H3. The molecule has 10 heteroatoms. The van der Waals surface area contributed by atoms with Gasteiger partial charge in [0.1, 0.15) is 11.6 Å². The Balaban J connectivity index is 1.96. The average Bonchev–Trinajstić information content (AvgIpc) is 2.65. The lowest BCUT2D eigenvalue weighted by molar-refractivity contribution is 0.245. The van der Waals surface area contributed by atoms with E-state index >= 15 is 0 Å². The van der Waals surface area contributed by atoms with Gasteiger partial charge in [0.25, 0.3) is 15.7 Å². The fourth-order valence-corrected chi connectivity index (χ4v) is 4.41. The predicted octanol–water partition coefficient (Wildman–Crippen LogP) is 2.17. The van der Waals surface area contributed by atoms with E-state index in [-0.39, 0.29) is 30.0 Å². The molecule has 0 saturated heterocycles. The fraction of sp³-hybridized carbons (Fsp3) is 0.474.